The zero-order chi connectivity index (χ0) is 16.8. The summed E-state index contributed by atoms with van der Waals surface area (Å²) in [4.78, 5) is 12.2. The summed E-state index contributed by atoms with van der Waals surface area (Å²) < 4.78 is 1.80. The number of carbonyl (C=O) groups excluding carboxylic acids is 1. The summed E-state index contributed by atoms with van der Waals surface area (Å²) >= 11 is 5.90. The molecule has 0 spiro atoms. The summed E-state index contributed by atoms with van der Waals surface area (Å²) in [5, 5.41) is 8.74. The zero-order valence-electron chi connectivity index (χ0n) is 12.8. The fourth-order valence-electron chi connectivity index (χ4n) is 2.21. The number of amides is 1. The van der Waals surface area contributed by atoms with Crippen LogP contribution in [-0.2, 0) is 6.54 Å². The Kier molecular flexibility index (Phi) is 5.03. The van der Waals surface area contributed by atoms with Gasteiger partial charge in [-0.25, -0.2) is 5.43 Å². The number of rotatable bonds is 5. The maximum atomic E-state index is 12.2. The van der Waals surface area contributed by atoms with Crippen molar-refractivity contribution in [3.05, 3.63) is 88.7 Å². The van der Waals surface area contributed by atoms with Gasteiger partial charge >= 0.3 is 0 Å². The summed E-state index contributed by atoms with van der Waals surface area (Å²) in [6, 6.07) is 16.5. The molecule has 1 aromatic heterocycles. The van der Waals surface area contributed by atoms with Gasteiger partial charge in [-0.3, -0.25) is 9.48 Å². The summed E-state index contributed by atoms with van der Waals surface area (Å²) in [6.07, 6.45) is 5.15. The standard InChI is InChI=1S/C18H15ClN4O/c19-17-7-2-4-14(11-17)12-20-22-18(24)16-6-1-5-15(10-16)13-23-9-3-8-21-23/h1-12H,13H2,(H,22,24)/b20-12-. The minimum Gasteiger partial charge on any atom is -0.268 e. The Balaban J connectivity index is 1.64. The summed E-state index contributed by atoms with van der Waals surface area (Å²) in [5.41, 5.74) is 4.87. The molecule has 0 aliphatic heterocycles. The quantitative estimate of drug-likeness (QED) is 0.573. The first-order valence-corrected chi connectivity index (χ1v) is 7.74. The van der Waals surface area contributed by atoms with E-state index >= 15 is 0 Å². The first-order chi connectivity index (χ1) is 11.7. The van der Waals surface area contributed by atoms with Crippen LogP contribution in [0.1, 0.15) is 21.5 Å². The van der Waals surface area contributed by atoms with Crippen molar-refractivity contribution in [2.24, 2.45) is 5.10 Å². The Morgan fingerprint density at radius 2 is 2.08 bits per heavy atom. The van der Waals surface area contributed by atoms with E-state index in [0.29, 0.717) is 17.1 Å². The van der Waals surface area contributed by atoms with E-state index in [-0.39, 0.29) is 5.91 Å². The smallest absolute Gasteiger partial charge is 0.268 e. The van der Waals surface area contributed by atoms with Crippen LogP contribution in [0.25, 0.3) is 0 Å². The van der Waals surface area contributed by atoms with Crippen LogP contribution in [-0.4, -0.2) is 21.9 Å². The van der Waals surface area contributed by atoms with Gasteiger partial charge in [0.15, 0.2) is 0 Å². The van der Waals surface area contributed by atoms with Crippen molar-refractivity contribution in [1.82, 2.24) is 15.2 Å². The number of aromatic nitrogens is 2. The molecule has 2 aromatic carbocycles. The molecule has 0 atom stereocenters. The molecule has 1 heterocycles. The topological polar surface area (TPSA) is 59.3 Å². The molecule has 1 N–H and O–H groups in total. The summed E-state index contributed by atoms with van der Waals surface area (Å²) in [6.45, 7) is 0.611. The molecule has 6 heteroatoms. The van der Waals surface area contributed by atoms with Crippen LogP contribution in [0.2, 0.25) is 5.02 Å². The Morgan fingerprint density at radius 1 is 1.21 bits per heavy atom. The van der Waals surface area contributed by atoms with Gasteiger partial charge < -0.3 is 0 Å². The van der Waals surface area contributed by atoms with Crippen molar-refractivity contribution in [2.75, 3.05) is 0 Å². The lowest BCUT2D eigenvalue weighted by Gasteiger charge is -2.05. The molecule has 120 valence electrons. The minimum atomic E-state index is -0.268. The Bertz CT molecular complexity index is 859. The molecule has 24 heavy (non-hydrogen) atoms. The third-order valence-corrected chi connectivity index (χ3v) is 3.56. The molecular formula is C18H15ClN4O. The number of hydrogen-bond acceptors (Lipinski definition) is 3. The number of benzene rings is 2. The van der Waals surface area contributed by atoms with Crippen molar-refractivity contribution in [1.29, 1.82) is 0 Å². The van der Waals surface area contributed by atoms with E-state index in [1.807, 2.05) is 42.6 Å². The van der Waals surface area contributed by atoms with E-state index in [9.17, 15) is 4.79 Å². The second kappa shape index (κ2) is 7.57. The van der Waals surface area contributed by atoms with E-state index in [4.69, 9.17) is 11.6 Å². The third kappa shape index (κ3) is 4.30. The lowest BCUT2D eigenvalue weighted by atomic mass is 10.1. The van der Waals surface area contributed by atoms with Crippen LogP contribution in [0.4, 0.5) is 0 Å². The van der Waals surface area contributed by atoms with E-state index < -0.39 is 0 Å². The number of hydrogen-bond donors (Lipinski definition) is 1. The summed E-state index contributed by atoms with van der Waals surface area (Å²) in [5.74, 6) is -0.268. The predicted octanol–water partition coefficient (Wildman–Crippen LogP) is 3.35. The van der Waals surface area contributed by atoms with Crippen LogP contribution in [0, 0.1) is 0 Å². The molecule has 0 aliphatic rings. The largest absolute Gasteiger partial charge is 0.271 e. The van der Waals surface area contributed by atoms with Crippen LogP contribution in [0.15, 0.2) is 72.1 Å². The number of nitrogens with one attached hydrogen (secondary N) is 1. The van der Waals surface area contributed by atoms with Crippen molar-refractivity contribution in [3.8, 4) is 0 Å². The molecule has 0 fully saturated rings. The van der Waals surface area contributed by atoms with Crippen molar-refractivity contribution in [3.63, 3.8) is 0 Å². The molecule has 1 amide bonds. The first-order valence-electron chi connectivity index (χ1n) is 7.36. The highest BCUT2D eigenvalue weighted by Gasteiger charge is 2.05. The third-order valence-electron chi connectivity index (χ3n) is 3.32. The van der Waals surface area contributed by atoms with Gasteiger partial charge in [-0.2, -0.15) is 10.2 Å². The van der Waals surface area contributed by atoms with Gasteiger partial charge in [-0.15, -0.1) is 0 Å². The molecule has 0 saturated heterocycles. The molecule has 0 unspecified atom stereocenters. The normalized spacial score (nSPS) is 10.9. The molecule has 0 bridgehead atoms. The molecule has 5 nitrogen and oxygen atoms in total. The number of hydrazone groups is 1. The second-order valence-corrected chi connectivity index (χ2v) is 5.59. The molecule has 0 radical (unpaired) electrons. The van der Waals surface area contributed by atoms with E-state index in [2.05, 4.69) is 15.6 Å². The van der Waals surface area contributed by atoms with Gasteiger partial charge in [0.25, 0.3) is 5.91 Å². The van der Waals surface area contributed by atoms with Gasteiger partial charge in [-0.05, 0) is 41.5 Å². The Hall–Kier alpha value is -2.92. The fraction of sp³-hybridized carbons (Fsp3) is 0.0556. The molecule has 0 aliphatic carbocycles. The van der Waals surface area contributed by atoms with Gasteiger partial charge in [0.2, 0.25) is 0 Å². The molecule has 3 rings (SSSR count). The van der Waals surface area contributed by atoms with Crippen LogP contribution in [0.3, 0.4) is 0 Å². The zero-order valence-corrected chi connectivity index (χ0v) is 13.5. The second-order valence-electron chi connectivity index (χ2n) is 5.16. The maximum absolute atomic E-state index is 12.2. The van der Waals surface area contributed by atoms with Crippen molar-refractivity contribution >= 4 is 23.7 Å². The molecule has 3 aromatic rings. The highest BCUT2D eigenvalue weighted by Crippen LogP contribution is 2.09. The Labute approximate surface area is 144 Å². The Morgan fingerprint density at radius 3 is 2.88 bits per heavy atom. The maximum Gasteiger partial charge on any atom is 0.271 e. The van der Waals surface area contributed by atoms with Gasteiger partial charge in [-0.1, -0.05) is 35.9 Å². The lowest BCUT2D eigenvalue weighted by molar-refractivity contribution is 0.0955. The van der Waals surface area contributed by atoms with Gasteiger partial charge in [0.1, 0.15) is 0 Å². The fourth-order valence-corrected chi connectivity index (χ4v) is 2.41. The van der Waals surface area contributed by atoms with Crippen LogP contribution < -0.4 is 5.43 Å². The van der Waals surface area contributed by atoms with Gasteiger partial charge in [0, 0.05) is 23.0 Å². The molecule has 0 saturated carbocycles. The van der Waals surface area contributed by atoms with E-state index in [0.717, 1.165) is 11.1 Å². The number of carbonyl (C=O) groups is 1. The number of halogens is 1. The van der Waals surface area contributed by atoms with E-state index in [1.54, 1.807) is 35.3 Å². The predicted molar refractivity (Wildman–Crippen MR) is 94.3 cm³/mol. The molecular weight excluding hydrogens is 324 g/mol. The first kappa shape index (κ1) is 16.0. The minimum absolute atomic E-state index is 0.268. The van der Waals surface area contributed by atoms with E-state index in [1.165, 1.54) is 0 Å². The van der Waals surface area contributed by atoms with Crippen molar-refractivity contribution in [2.45, 2.75) is 6.54 Å². The average molecular weight is 339 g/mol. The van der Waals surface area contributed by atoms with Gasteiger partial charge in [0.05, 0.1) is 12.8 Å². The highest BCUT2D eigenvalue weighted by atomic mass is 35.5. The highest BCUT2D eigenvalue weighted by molar-refractivity contribution is 6.30. The average Bonchev–Trinajstić information content (AvgIpc) is 3.08. The van der Waals surface area contributed by atoms with Crippen molar-refractivity contribution < 1.29 is 4.79 Å². The monoisotopic (exact) mass is 338 g/mol. The number of nitrogens with zero attached hydrogens (tertiary/aromatic N) is 3. The van der Waals surface area contributed by atoms with Crippen LogP contribution >= 0.6 is 11.6 Å². The lowest BCUT2D eigenvalue weighted by Crippen LogP contribution is -2.18. The summed E-state index contributed by atoms with van der Waals surface area (Å²) in [7, 11) is 0. The van der Waals surface area contributed by atoms with Crippen LogP contribution in [0.5, 0.6) is 0 Å². The SMILES string of the molecule is O=C(N/N=C\c1cccc(Cl)c1)c1cccc(Cn2cccn2)c1.